The predicted octanol–water partition coefficient (Wildman–Crippen LogP) is 3.37. The minimum absolute atomic E-state index is 0.273. The topological polar surface area (TPSA) is 43.8 Å². The van der Waals surface area contributed by atoms with Crippen molar-refractivity contribution in [2.24, 2.45) is 5.73 Å². The summed E-state index contributed by atoms with van der Waals surface area (Å²) in [6, 6.07) is 19.9. The van der Waals surface area contributed by atoms with Crippen LogP contribution in [0.3, 0.4) is 0 Å². The van der Waals surface area contributed by atoms with Crippen molar-refractivity contribution < 1.29 is 0 Å². The summed E-state index contributed by atoms with van der Waals surface area (Å²) in [6.45, 7) is 0. The Morgan fingerprint density at radius 2 is 1.90 bits per heavy atom. The van der Waals surface area contributed by atoms with Crippen LogP contribution in [0, 0.1) is 6.07 Å². The first kappa shape index (κ1) is 12.9. The number of hydrogen-bond acceptors (Lipinski definition) is 2. The third-order valence-electron chi connectivity index (χ3n) is 3.09. The summed E-state index contributed by atoms with van der Waals surface area (Å²) in [5.74, 6) is 0. The van der Waals surface area contributed by atoms with Crippen LogP contribution in [0.15, 0.2) is 60.8 Å². The second-order valence-corrected chi connectivity index (χ2v) is 4.89. The van der Waals surface area contributed by atoms with Crippen molar-refractivity contribution in [3.63, 3.8) is 0 Å². The lowest BCUT2D eigenvalue weighted by molar-refractivity contribution is 0.772. The molecule has 0 amide bonds. The Hall–Kier alpha value is -2.10. The zero-order valence-electron chi connectivity index (χ0n) is 10.7. The number of rotatable bonds is 3. The Balaban J connectivity index is 1.89. The van der Waals surface area contributed by atoms with Crippen LogP contribution in [0.2, 0.25) is 5.02 Å². The molecule has 0 saturated heterocycles. The summed E-state index contributed by atoms with van der Waals surface area (Å²) >= 11 is 5.88. The van der Waals surface area contributed by atoms with Crippen LogP contribution in [-0.4, -0.2) is 9.78 Å². The molecule has 1 aromatic heterocycles. The van der Waals surface area contributed by atoms with Gasteiger partial charge in [-0.1, -0.05) is 35.9 Å². The van der Waals surface area contributed by atoms with Crippen LogP contribution in [0.25, 0.3) is 5.69 Å². The lowest BCUT2D eigenvalue weighted by Crippen LogP contribution is -2.13. The van der Waals surface area contributed by atoms with Gasteiger partial charge in [0.2, 0.25) is 0 Å². The molecule has 1 heterocycles. The van der Waals surface area contributed by atoms with Gasteiger partial charge in [-0.2, -0.15) is 5.10 Å². The smallest absolute Gasteiger partial charge is 0.0841 e. The maximum Gasteiger partial charge on any atom is 0.0841 e. The first-order valence-corrected chi connectivity index (χ1v) is 6.65. The molecule has 0 aliphatic carbocycles. The number of halogens is 1. The average molecular weight is 283 g/mol. The zero-order valence-corrected chi connectivity index (χ0v) is 11.5. The van der Waals surface area contributed by atoms with E-state index in [1.165, 1.54) is 0 Å². The summed E-state index contributed by atoms with van der Waals surface area (Å²) in [5, 5.41) is 5.22. The maximum absolute atomic E-state index is 6.20. The second-order valence-electron chi connectivity index (χ2n) is 4.46. The monoisotopic (exact) mass is 282 g/mol. The van der Waals surface area contributed by atoms with Crippen molar-refractivity contribution in [3.05, 3.63) is 83.1 Å². The molecule has 20 heavy (non-hydrogen) atoms. The van der Waals surface area contributed by atoms with Gasteiger partial charge in [-0.15, -0.1) is 0 Å². The first-order valence-electron chi connectivity index (χ1n) is 6.28. The third-order valence-corrected chi connectivity index (χ3v) is 3.34. The Morgan fingerprint density at radius 1 is 1.10 bits per heavy atom. The molecular formula is C16H13ClN3. The molecule has 0 fully saturated rings. The van der Waals surface area contributed by atoms with Gasteiger partial charge in [0.15, 0.2) is 0 Å². The number of hydrogen-bond donors (Lipinski definition) is 1. The molecule has 0 aliphatic heterocycles. The summed E-state index contributed by atoms with van der Waals surface area (Å²) in [7, 11) is 0. The van der Waals surface area contributed by atoms with E-state index in [0.717, 1.165) is 16.9 Å². The third kappa shape index (κ3) is 2.59. The van der Waals surface area contributed by atoms with Gasteiger partial charge in [-0.25, -0.2) is 4.68 Å². The molecule has 4 heteroatoms. The minimum atomic E-state index is -0.273. The van der Waals surface area contributed by atoms with Gasteiger partial charge < -0.3 is 5.73 Å². The lowest BCUT2D eigenvalue weighted by Gasteiger charge is -2.08. The standard InChI is InChI=1S/C16H13ClN3/c17-13-6-8-14(9-7-13)20-11-10-15(19-20)16(18)12-4-2-1-3-5-12/h1-4,6-11,16H,18H2. The fourth-order valence-corrected chi connectivity index (χ4v) is 2.13. The van der Waals surface area contributed by atoms with Gasteiger partial charge in [0.1, 0.15) is 0 Å². The molecule has 3 aromatic rings. The van der Waals surface area contributed by atoms with Crippen molar-refractivity contribution >= 4 is 11.6 Å². The summed E-state index contributed by atoms with van der Waals surface area (Å²) < 4.78 is 1.79. The number of nitrogens with two attached hydrogens (primary N) is 1. The Kier molecular flexibility index (Phi) is 3.54. The highest BCUT2D eigenvalue weighted by Crippen LogP contribution is 2.19. The summed E-state index contributed by atoms with van der Waals surface area (Å²) in [5.41, 5.74) is 8.89. The van der Waals surface area contributed by atoms with Crippen LogP contribution in [0.1, 0.15) is 17.3 Å². The van der Waals surface area contributed by atoms with Crippen LogP contribution >= 0.6 is 11.6 Å². The molecule has 0 bridgehead atoms. The normalized spacial score (nSPS) is 12.3. The SMILES string of the molecule is NC(c1[c]cccc1)c1ccn(-c2ccc(Cl)cc2)n1. The van der Waals surface area contributed by atoms with E-state index in [1.54, 1.807) is 4.68 Å². The predicted molar refractivity (Wildman–Crippen MR) is 79.9 cm³/mol. The molecule has 0 saturated carbocycles. The van der Waals surface area contributed by atoms with E-state index in [-0.39, 0.29) is 6.04 Å². The number of aromatic nitrogens is 2. The van der Waals surface area contributed by atoms with Crippen molar-refractivity contribution in [2.45, 2.75) is 6.04 Å². The van der Waals surface area contributed by atoms with E-state index >= 15 is 0 Å². The van der Waals surface area contributed by atoms with Gasteiger partial charge in [0, 0.05) is 11.2 Å². The van der Waals surface area contributed by atoms with E-state index in [0.29, 0.717) is 5.02 Å². The molecule has 0 spiro atoms. The molecular weight excluding hydrogens is 270 g/mol. The molecule has 0 aliphatic rings. The zero-order chi connectivity index (χ0) is 13.9. The van der Waals surface area contributed by atoms with Gasteiger partial charge in [0.05, 0.1) is 17.4 Å². The lowest BCUT2D eigenvalue weighted by atomic mass is 10.1. The molecule has 3 rings (SSSR count). The van der Waals surface area contributed by atoms with Crippen molar-refractivity contribution in [1.82, 2.24) is 9.78 Å². The van der Waals surface area contributed by atoms with Crippen molar-refractivity contribution in [2.75, 3.05) is 0 Å². The van der Waals surface area contributed by atoms with E-state index in [4.69, 9.17) is 17.3 Å². The molecule has 2 aromatic carbocycles. The van der Waals surface area contributed by atoms with E-state index in [1.807, 2.05) is 60.8 Å². The second kappa shape index (κ2) is 5.49. The Labute approximate surface area is 122 Å². The molecule has 1 radical (unpaired) electrons. The van der Waals surface area contributed by atoms with Gasteiger partial charge in [-0.3, -0.25) is 0 Å². The summed E-state index contributed by atoms with van der Waals surface area (Å²) in [6.07, 6.45) is 1.89. The quantitative estimate of drug-likeness (QED) is 0.800. The van der Waals surface area contributed by atoms with Crippen LogP contribution < -0.4 is 5.73 Å². The Morgan fingerprint density at radius 3 is 2.60 bits per heavy atom. The van der Waals surface area contributed by atoms with Crippen LogP contribution in [0.5, 0.6) is 0 Å². The van der Waals surface area contributed by atoms with Gasteiger partial charge >= 0.3 is 0 Å². The maximum atomic E-state index is 6.20. The van der Waals surface area contributed by atoms with Crippen LogP contribution in [-0.2, 0) is 0 Å². The van der Waals surface area contributed by atoms with Gasteiger partial charge in [-0.05, 0) is 42.0 Å². The highest BCUT2D eigenvalue weighted by Gasteiger charge is 2.12. The van der Waals surface area contributed by atoms with Crippen molar-refractivity contribution in [3.8, 4) is 5.69 Å². The van der Waals surface area contributed by atoms with E-state index in [2.05, 4.69) is 11.2 Å². The van der Waals surface area contributed by atoms with E-state index < -0.39 is 0 Å². The van der Waals surface area contributed by atoms with Crippen LogP contribution in [0.4, 0.5) is 0 Å². The molecule has 3 nitrogen and oxygen atoms in total. The first-order chi connectivity index (χ1) is 9.74. The molecule has 99 valence electrons. The number of nitrogens with zero attached hydrogens (tertiary/aromatic N) is 2. The highest BCUT2D eigenvalue weighted by atomic mass is 35.5. The van der Waals surface area contributed by atoms with E-state index in [9.17, 15) is 0 Å². The van der Waals surface area contributed by atoms with Gasteiger partial charge in [0.25, 0.3) is 0 Å². The summed E-state index contributed by atoms with van der Waals surface area (Å²) in [4.78, 5) is 0. The molecule has 2 N–H and O–H groups in total. The largest absolute Gasteiger partial charge is 0.319 e. The number of benzene rings is 2. The minimum Gasteiger partial charge on any atom is -0.319 e. The van der Waals surface area contributed by atoms with Crippen molar-refractivity contribution in [1.29, 1.82) is 0 Å². The fourth-order valence-electron chi connectivity index (χ4n) is 2.00. The Bertz CT molecular complexity index is 689. The molecule has 1 atom stereocenters. The molecule has 1 unspecified atom stereocenters. The average Bonchev–Trinajstić information content (AvgIpc) is 2.98. The fraction of sp³-hybridized carbons (Fsp3) is 0.0625. The highest BCUT2D eigenvalue weighted by molar-refractivity contribution is 6.30.